The number of aromatic nitrogens is 2. The highest BCUT2D eigenvalue weighted by molar-refractivity contribution is 7.14. The van der Waals surface area contributed by atoms with E-state index in [2.05, 4.69) is 20.6 Å². The van der Waals surface area contributed by atoms with Gasteiger partial charge in [-0.15, -0.1) is 11.3 Å². The van der Waals surface area contributed by atoms with Crippen LogP contribution in [0.1, 0.15) is 23.2 Å². The molecule has 0 saturated heterocycles. The van der Waals surface area contributed by atoms with Crippen molar-refractivity contribution in [3.8, 4) is 11.5 Å². The molecule has 0 unspecified atom stereocenters. The zero-order chi connectivity index (χ0) is 19.7. The highest BCUT2D eigenvalue weighted by Crippen LogP contribution is 2.27. The molecular formula is C19H15FN4O3S. The molecular weight excluding hydrogens is 383 g/mol. The Hall–Kier alpha value is -3.46. The first-order valence-electron chi connectivity index (χ1n) is 8.36. The van der Waals surface area contributed by atoms with Gasteiger partial charge in [-0.3, -0.25) is 14.9 Å². The van der Waals surface area contributed by atoms with Gasteiger partial charge in [0.1, 0.15) is 23.0 Å². The summed E-state index contributed by atoms with van der Waals surface area (Å²) in [5.74, 6) is 0.270. The second-order valence-electron chi connectivity index (χ2n) is 6.08. The Labute approximate surface area is 162 Å². The molecule has 3 N–H and O–H groups in total. The Balaban J connectivity index is 1.46. The van der Waals surface area contributed by atoms with E-state index < -0.39 is 0 Å². The van der Waals surface area contributed by atoms with Crippen molar-refractivity contribution in [3.05, 3.63) is 59.0 Å². The monoisotopic (exact) mass is 398 g/mol. The quantitative estimate of drug-likeness (QED) is 0.474. The molecule has 3 heterocycles. The van der Waals surface area contributed by atoms with E-state index in [9.17, 15) is 14.0 Å². The number of thiazole rings is 1. The summed E-state index contributed by atoms with van der Waals surface area (Å²) >= 11 is 1.26. The van der Waals surface area contributed by atoms with Crippen molar-refractivity contribution in [3.63, 3.8) is 0 Å². The summed E-state index contributed by atoms with van der Waals surface area (Å²) in [5, 5.41) is 8.16. The maximum absolute atomic E-state index is 13.3. The second-order valence-corrected chi connectivity index (χ2v) is 6.94. The summed E-state index contributed by atoms with van der Waals surface area (Å²) in [4.78, 5) is 30.7. The van der Waals surface area contributed by atoms with Crippen molar-refractivity contribution in [2.45, 2.75) is 13.5 Å². The number of hydrogen-bond donors (Lipinski definition) is 3. The van der Waals surface area contributed by atoms with Gasteiger partial charge in [0, 0.05) is 23.2 Å². The number of carbonyl (C=O) groups is 2. The van der Waals surface area contributed by atoms with Gasteiger partial charge in [-0.25, -0.2) is 9.37 Å². The molecule has 142 valence electrons. The van der Waals surface area contributed by atoms with Crippen LogP contribution < -0.4 is 10.6 Å². The standard InChI is InChI=1S/C19H15FN4O3S/c1-10(25)21-8-13-3-5-17(27-13)16-9-28-19(23-16)24-18(26)15-7-11-6-12(20)2-4-14(11)22-15/h2-7,9,22H,8H2,1H3,(H,21,25)(H,23,24,26). The number of hydrogen-bond acceptors (Lipinski definition) is 5. The van der Waals surface area contributed by atoms with Crippen LogP contribution in [0, 0.1) is 5.82 Å². The molecule has 0 fully saturated rings. The number of benzene rings is 1. The van der Waals surface area contributed by atoms with Crippen LogP contribution in [-0.4, -0.2) is 21.8 Å². The fourth-order valence-electron chi connectivity index (χ4n) is 2.66. The van der Waals surface area contributed by atoms with Crippen molar-refractivity contribution in [1.29, 1.82) is 0 Å². The van der Waals surface area contributed by atoms with Crippen LogP contribution >= 0.6 is 11.3 Å². The smallest absolute Gasteiger partial charge is 0.273 e. The van der Waals surface area contributed by atoms with Gasteiger partial charge in [-0.1, -0.05) is 0 Å². The fraction of sp³-hybridized carbons (Fsp3) is 0.105. The number of carbonyl (C=O) groups excluding carboxylic acids is 2. The van der Waals surface area contributed by atoms with Crippen LogP contribution in [0.15, 0.2) is 46.2 Å². The van der Waals surface area contributed by atoms with E-state index >= 15 is 0 Å². The number of anilines is 1. The summed E-state index contributed by atoms with van der Waals surface area (Å²) in [6, 6.07) is 9.37. The third kappa shape index (κ3) is 3.79. The molecule has 3 aromatic heterocycles. The van der Waals surface area contributed by atoms with E-state index in [0.717, 1.165) is 0 Å². The summed E-state index contributed by atoms with van der Waals surface area (Å²) < 4.78 is 18.9. The van der Waals surface area contributed by atoms with Gasteiger partial charge >= 0.3 is 0 Å². The Morgan fingerprint density at radius 2 is 2.11 bits per heavy atom. The minimum absolute atomic E-state index is 0.142. The summed E-state index contributed by atoms with van der Waals surface area (Å²) in [5.41, 5.74) is 1.56. The van der Waals surface area contributed by atoms with Gasteiger partial charge in [-0.2, -0.15) is 0 Å². The van der Waals surface area contributed by atoms with Gasteiger partial charge in [0.15, 0.2) is 10.9 Å². The van der Waals surface area contributed by atoms with Crippen LogP contribution in [-0.2, 0) is 11.3 Å². The number of fused-ring (bicyclic) bond motifs is 1. The number of furan rings is 1. The second kappa shape index (κ2) is 7.28. The van der Waals surface area contributed by atoms with Crippen LogP contribution in [0.4, 0.5) is 9.52 Å². The molecule has 0 aliphatic heterocycles. The van der Waals surface area contributed by atoms with Gasteiger partial charge < -0.3 is 14.7 Å². The zero-order valence-corrected chi connectivity index (χ0v) is 15.5. The van der Waals surface area contributed by atoms with Crippen molar-refractivity contribution in [2.24, 2.45) is 0 Å². The Bertz CT molecular complexity index is 1180. The summed E-state index contributed by atoms with van der Waals surface area (Å²) in [7, 11) is 0. The van der Waals surface area contributed by atoms with Crippen molar-refractivity contribution < 1.29 is 18.4 Å². The predicted molar refractivity (Wildman–Crippen MR) is 104 cm³/mol. The first-order chi connectivity index (χ1) is 13.5. The third-order valence-electron chi connectivity index (χ3n) is 3.98. The van der Waals surface area contributed by atoms with E-state index in [-0.39, 0.29) is 17.6 Å². The van der Waals surface area contributed by atoms with Crippen LogP contribution in [0.3, 0.4) is 0 Å². The lowest BCUT2D eigenvalue weighted by molar-refractivity contribution is -0.119. The van der Waals surface area contributed by atoms with Crippen LogP contribution in [0.5, 0.6) is 0 Å². The van der Waals surface area contributed by atoms with E-state index in [4.69, 9.17) is 4.42 Å². The SMILES string of the molecule is CC(=O)NCc1ccc(-c2csc(NC(=O)c3cc4cc(F)ccc4[nH]3)n2)o1. The normalized spacial score (nSPS) is 10.9. The van der Waals surface area contributed by atoms with E-state index in [1.54, 1.807) is 29.6 Å². The van der Waals surface area contributed by atoms with Crippen LogP contribution in [0.25, 0.3) is 22.4 Å². The molecule has 2 amide bonds. The highest BCUT2D eigenvalue weighted by atomic mass is 32.1. The molecule has 4 rings (SSSR count). The Morgan fingerprint density at radius 1 is 1.25 bits per heavy atom. The Kier molecular flexibility index (Phi) is 4.66. The Morgan fingerprint density at radius 3 is 2.93 bits per heavy atom. The first-order valence-corrected chi connectivity index (χ1v) is 9.24. The number of aromatic amines is 1. The molecule has 0 saturated carbocycles. The van der Waals surface area contributed by atoms with E-state index in [1.165, 1.54) is 30.4 Å². The number of nitrogens with one attached hydrogen (secondary N) is 3. The molecule has 1 aromatic carbocycles. The highest BCUT2D eigenvalue weighted by Gasteiger charge is 2.14. The first kappa shape index (κ1) is 17.9. The van der Waals surface area contributed by atoms with Gasteiger partial charge in [0.05, 0.1) is 6.54 Å². The number of H-pyrrole nitrogens is 1. The maximum atomic E-state index is 13.3. The summed E-state index contributed by atoms with van der Waals surface area (Å²) in [6.07, 6.45) is 0. The number of rotatable bonds is 5. The molecule has 0 radical (unpaired) electrons. The average Bonchev–Trinajstić information content (AvgIpc) is 3.38. The lowest BCUT2D eigenvalue weighted by atomic mass is 10.2. The predicted octanol–water partition coefficient (Wildman–Crippen LogP) is 3.91. The molecule has 28 heavy (non-hydrogen) atoms. The number of amides is 2. The maximum Gasteiger partial charge on any atom is 0.273 e. The van der Waals surface area contributed by atoms with Crippen LogP contribution in [0.2, 0.25) is 0 Å². The number of halogens is 1. The lowest BCUT2D eigenvalue weighted by Crippen LogP contribution is -2.18. The van der Waals surface area contributed by atoms with Crippen molar-refractivity contribution in [1.82, 2.24) is 15.3 Å². The topological polar surface area (TPSA) is 100 Å². The van der Waals surface area contributed by atoms with Crippen molar-refractivity contribution in [2.75, 3.05) is 5.32 Å². The lowest BCUT2D eigenvalue weighted by Gasteiger charge is -1.98. The summed E-state index contributed by atoms with van der Waals surface area (Å²) in [6.45, 7) is 1.73. The average molecular weight is 398 g/mol. The fourth-order valence-corrected chi connectivity index (χ4v) is 3.35. The largest absolute Gasteiger partial charge is 0.458 e. The van der Waals surface area contributed by atoms with Gasteiger partial charge in [-0.05, 0) is 36.4 Å². The third-order valence-corrected chi connectivity index (χ3v) is 4.74. The van der Waals surface area contributed by atoms with E-state index in [1.807, 2.05) is 0 Å². The molecule has 0 bridgehead atoms. The molecule has 0 atom stereocenters. The minimum atomic E-state index is -0.372. The molecule has 0 aliphatic carbocycles. The molecule has 4 aromatic rings. The molecule has 7 nitrogen and oxygen atoms in total. The van der Waals surface area contributed by atoms with Gasteiger partial charge in [0.25, 0.3) is 5.91 Å². The van der Waals surface area contributed by atoms with Gasteiger partial charge in [0.2, 0.25) is 5.91 Å². The zero-order valence-electron chi connectivity index (χ0n) is 14.7. The molecule has 9 heteroatoms. The molecule has 0 spiro atoms. The minimum Gasteiger partial charge on any atom is -0.458 e. The van der Waals surface area contributed by atoms with E-state index in [0.29, 0.717) is 45.5 Å². The van der Waals surface area contributed by atoms with Crippen molar-refractivity contribution >= 4 is 39.2 Å². The number of nitrogens with zero attached hydrogens (tertiary/aromatic N) is 1. The molecule has 0 aliphatic rings.